The van der Waals surface area contributed by atoms with Crippen molar-refractivity contribution in [2.24, 2.45) is 29.1 Å². The molecule has 0 aromatic carbocycles. The van der Waals surface area contributed by atoms with Crippen molar-refractivity contribution in [3.63, 3.8) is 0 Å². The van der Waals surface area contributed by atoms with Crippen molar-refractivity contribution in [1.82, 2.24) is 15.5 Å². The summed E-state index contributed by atoms with van der Waals surface area (Å²) in [7, 11) is 0. The van der Waals surface area contributed by atoms with Gasteiger partial charge in [-0.25, -0.2) is 4.79 Å². The van der Waals surface area contributed by atoms with Gasteiger partial charge in [0.15, 0.2) is 11.6 Å². The van der Waals surface area contributed by atoms with Crippen molar-refractivity contribution >= 4 is 29.4 Å². The lowest BCUT2D eigenvalue weighted by Crippen LogP contribution is -2.56. The molecule has 2 amide bonds. The number of ketones is 3. The summed E-state index contributed by atoms with van der Waals surface area (Å²) < 4.78 is 5.34. The van der Waals surface area contributed by atoms with Gasteiger partial charge in [0.2, 0.25) is 5.78 Å². The van der Waals surface area contributed by atoms with E-state index in [0.717, 1.165) is 76.5 Å². The number of nitrogens with one attached hydrogen (secondary N) is 2. The van der Waals surface area contributed by atoms with Gasteiger partial charge in [-0.1, -0.05) is 161 Å². The Balaban J connectivity index is -0.000000479. The number of nitrogens with zero attached hydrogens (tertiary/aromatic N) is 1. The van der Waals surface area contributed by atoms with Gasteiger partial charge < -0.3 is 20.3 Å². The summed E-state index contributed by atoms with van der Waals surface area (Å²) in [4.78, 5) is 61.4. The molecule has 0 aromatic heterocycles. The molecule has 3 fully saturated rings. The third-order valence-corrected chi connectivity index (χ3v) is 10.2. The topological polar surface area (TPSA) is 122 Å². The number of esters is 1. The lowest BCUT2D eigenvalue weighted by atomic mass is 9.82. The minimum atomic E-state index is -0.322. The quantitative estimate of drug-likeness (QED) is 0.0902. The van der Waals surface area contributed by atoms with Crippen molar-refractivity contribution in [1.29, 1.82) is 0 Å². The predicted molar refractivity (Wildman–Crippen MR) is 253 cm³/mol. The highest BCUT2D eigenvalue weighted by Crippen LogP contribution is 2.51. The maximum absolute atomic E-state index is 13.2. The Morgan fingerprint density at radius 1 is 0.847 bits per heavy atom. The largest absolute Gasteiger partial charge is 0.463 e. The highest BCUT2D eigenvalue weighted by molar-refractivity contribution is 6.37. The minimum Gasteiger partial charge on any atom is -0.463 e. The fraction of sp³-hybridized carbons (Fsp3) is 0.820. The summed E-state index contributed by atoms with van der Waals surface area (Å²) in [5, 5.41) is 6.26. The van der Waals surface area contributed by atoms with Crippen LogP contribution in [0.5, 0.6) is 0 Å². The zero-order valence-corrected chi connectivity index (χ0v) is 41.7. The lowest BCUT2D eigenvalue weighted by molar-refractivity contribution is -0.144. The molecule has 2 aliphatic carbocycles. The van der Waals surface area contributed by atoms with Gasteiger partial charge in [-0.2, -0.15) is 0 Å². The Hall–Kier alpha value is -2.97. The van der Waals surface area contributed by atoms with Crippen LogP contribution in [0, 0.1) is 29.1 Å². The molecule has 1 heterocycles. The van der Waals surface area contributed by atoms with E-state index in [-0.39, 0.29) is 65.4 Å². The third kappa shape index (κ3) is 27.5. The van der Waals surface area contributed by atoms with Crippen molar-refractivity contribution in [2.75, 3.05) is 13.2 Å². The second kappa shape index (κ2) is 38.0. The first kappa shape index (κ1) is 62.7. The minimum absolute atomic E-state index is 0.0255. The molecule has 0 bridgehead atoms. The molecular formula is C50H97N3O6. The number of Topliss-reactive ketones (excluding diaryl/α,β-unsaturated/α-hetero) is 3. The van der Waals surface area contributed by atoms with E-state index >= 15 is 0 Å². The standard InChI is InChI=1S/C26H43N3O4.C10H18O2.C4H8.2C3H8.2C2H6/c1-7-22(31)33-15-21(26(4,5)6)27-25(32)28-23(18-11-9-8-10-12-18)16(2)29-14-19-13-20(19)24(29)17(3)30;1-4-6-7-9(5-2)10(12)8(3)11;1-3-4-2;2*1-3-2;2*1-2/h18-21,23-24H,2,7-15H2,1,3-6H3,(H2,27,28,32);9H,4-7H2,1-3H3;3H,1,4H2,2H3;2*3H2,1-2H3;2*1-2H3/t19-,20-,21?,23?,24?;;;;;;/m0....../s1. The van der Waals surface area contributed by atoms with Crippen molar-refractivity contribution in [2.45, 2.75) is 226 Å². The van der Waals surface area contributed by atoms with E-state index in [1.165, 1.54) is 26.2 Å². The number of fused-ring (bicyclic) bond motifs is 1. The van der Waals surface area contributed by atoms with Gasteiger partial charge >= 0.3 is 12.0 Å². The lowest BCUT2D eigenvalue weighted by Gasteiger charge is -2.39. The first-order valence-electron chi connectivity index (χ1n) is 23.7. The van der Waals surface area contributed by atoms with Gasteiger partial charge in [-0.15, -0.1) is 6.58 Å². The Labute approximate surface area is 365 Å². The number of carbonyl (C=O) groups excluding carboxylic acids is 5. The molecule has 0 spiro atoms. The average Bonchev–Trinajstić information content (AvgIpc) is 3.88. The summed E-state index contributed by atoms with van der Waals surface area (Å²) in [6.07, 6.45) is 16.3. The SMILES string of the molecule is C=C(C(NC(=O)NC(COC(=O)CC)C(C)(C)C)C1CCCCC1)N1C[C@@H]2C[C@@H]2C1C(C)=O.C=CCC.CC.CC.CCC.CCC.CCCCC(CC)C(=O)C(C)=O. The van der Waals surface area contributed by atoms with Gasteiger partial charge in [0.25, 0.3) is 0 Å². The summed E-state index contributed by atoms with van der Waals surface area (Å²) in [6.45, 7) is 42.3. The smallest absolute Gasteiger partial charge is 0.315 e. The van der Waals surface area contributed by atoms with Gasteiger partial charge in [0, 0.05) is 31.5 Å². The van der Waals surface area contributed by atoms with Crippen LogP contribution in [0.4, 0.5) is 4.79 Å². The third-order valence-electron chi connectivity index (χ3n) is 10.2. The van der Waals surface area contributed by atoms with Crippen LogP contribution in [0.15, 0.2) is 24.9 Å². The van der Waals surface area contributed by atoms with E-state index in [2.05, 4.69) is 70.2 Å². The zero-order chi connectivity index (χ0) is 46.7. The normalized spacial score (nSPS) is 18.7. The maximum Gasteiger partial charge on any atom is 0.315 e. The highest BCUT2D eigenvalue weighted by Gasteiger charge is 2.55. The number of ether oxygens (including phenoxy) is 1. The van der Waals surface area contributed by atoms with E-state index in [4.69, 9.17) is 4.74 Å². The molecule has 3 rings (SSSR count). The second-order valence-electron chi connectivity index (χ2n) is 16.6. The van der Waals surface area contributed by atoms with Gasteiger partial charge in [-0.3, -0.25) is 19.2 Å². The summed E-state index contributed by atoms with van der Waals surface area (Å²) in [5.74, 6) is 0.744. The molecule has 4 unspecified atom stereocenters. The van der Waals surface area contributed by atoms with Crippen LogP contribution in [-0.2, 0) is 23.9 Å². The summed E-state index contributed by atoms with van der Waals surface area (Å²) >= 11 is 0. The van der Waals surface area contributed by atoms with Gasteiger partial charge in [-0.05, 0) is 68.6 Å². The number of rotatable bonds is 16. The Bertz CT molecular complexity index is 1140. The highest BCUT2D eigenvalue weighted by atomic mass is 16.5. The van der Waals surface area contributed by atoms with E-state index in [1.54, 1.807) is 13.8 Å². The van der Waals surface area contributed by atoms with E-state index in [1.807, 2.05) is 61.5 Å². The maximum atomic E-state index is 13.2. The Kier molecular flexibility index (Phi) is 40.4. The molecule has 0 aromatic rings. The van der Waals surface area contributed by atoms with Crippen LogP contribution in [0.1, 0.15) is 208 Å². The number of allylic oxidation sites excluding steroid dienone is 1. The fourth-order valence-electron chi connectivity index (χ4n) is 6.79. The number of carbonyl (C=O) groups is 5. The van der Waals surface area contributed by atoms with Gasteiger partial charge in [0.1, 0.15) is 6.61 Å². The average molecular weight is 836 g/mol. The summed E-state index contributed by atoms with van der Waals surface area (Å²) in [6, 6.07) is -0.904. The molecule has 0 radical (unpaired) electrons. The molecule has 1 saturated heterocycles. The van der Waals surface area contributed by atoms with Crippen molar-refractivity contribution < 1.29 is 28.7 Å². The number of amides is 2. The summed E-state index contributed by atoms with van der Waals surface area (Å²) in [5.41, 5.74) is 0.590. The molecule has 1 aliphatic heterocycles. The van der Waals surface area contributed by atoms with E-state index in [9.17, 15) is 24.0 Å². The Morgan fingerprint density at radius 3 is 1.75 bits per heavy atom. The number of piperidine rings is 1. The first-order chi connectivity index (χ1) is 27.9. The van der Waals surface area contributed by atoms with Crippen LogP contribution in [0.2, 0.25) is 0 Å². The molecule has 6 atom stereocenters. The number of unbranched alkanes of at least 4 members (excludes halogenated alkanes) is 1. The number of likely N-dealkylation sites (tertiary alicyclic amines) is 1. The molecule has 2 N–H and O–H groups in total. The number of hydrogen-bond donors (Lipinski definition) is 2. The Morgan fingerprint density at radius 2 is 1.36 bits per heavy atom. The van der Waals surface area contributed by atoms with Gasteiger partial charge in [0.05, 0.1) is 18.1 Å². The molecule has 348 valence electrons. The van der Waals surface area contributed by atoms with Crippen molar-refractivity contribution in [3.05, 3.63) is 24.9 Å². The number of urea groups is 1. The molecule has 2 saturated carbocycles. The van der Waals surface area contributed by atoms with Crippen LogP contribution < -0.4 is 10.6 Å². The van der Waals surface area contributed by atoms with Crippen LogP contribution in [0.25, 0.3) is 0 Å². The molecule has 3 aliphatic rings. The van der Waals surface area contributed by atoms with Crippen LogP contribution in [-0.4, -0.2) is 65.5 Å². The van der Waals surface area contributed by atoms with Crippen molar-refractivity contribution in [3.8, 4) is 0 Å². The molecular weight excluding hydrogens is 739 g/mol. The van der Waals surface area contributed by atoms with E-state index < -0.39 is 0 Å². The first-order valence-corrected chi connectivity index (χ1v) is 23.7. The monoisotopic (exact) mass is 836 g/mol. The van der Waals surface area contributed by atoms with Crippen LogP contribution in [0.3, 0.4) is 0 Å². The molecule has 9 heteroatoms. The predicted octanol–water partition coefficient (Wildman–Crippen LogP) is 12.9. The fourth-order valence-corrected chi connectivity index (χ4v) is 6.79. The van der Waals surface area contributed by atoms with Crippen LogP contribution >= 0.6 is 0 Å². The van der Waals surface area contributed by atoms with E-state index in [0.29, 0.717) is 24.2 Å². The number of hydrogen-bond acceptors (Lipinski definition) is 7. The molecule has 59 heavy (non-hydrogen) atoms. The molecule has 9 nitrogen and oxygen atoms in total. The second-order valence-corrected chi connectivity index (χ2v) is 16.6. The zero-order valence-electron chi connectivity index (χ0n) is 41.7.